The number of hydrogen-bond donors (Lipinski definition) is 2. The molecule has 0 aromatic carbocycles. The van der Waals surface area contributed by atoms with Crippen LogP contribution in [0, 0.1) is 0 Å². The maximum atomic E-state index is 15.1. The van der Waals surface area contributed by atoms with Crippen LogP contribution >= 0.6 is 0 Å². The highest BCUT2D eigenvalue weighted by Crippen LogP contribution is 2.35. The highest BCUT2D eigenvalue weighted by atomic mass is 19.1. The second kappa shape index (κ2) is 9.34. The third-order valence-electron chi connectivity index (χ3n) is 4.86. The van der Waals surface area contributed by atoms with Gasteiger partial charge in [0, 0.05) is 19.9 Å². The van der Waals surface area contributed by atoms with E-state index in [1.54, 1.807) is 6.08 Å². The lowest BCUT2D eigenvalue weighted by molar-refractivity contribution is -0.188. The minimum absolute atomic E-state index is 0.00211. The molecule has 1 saturated heterocycles. The van der Waals surface area contributed by atoms with E-state index in [9.17, 15) is 14.4 Å². The van der Waals surface area contributed by atoms with Crippen LogP contribution in [0.25, 0.3) is 17.2 Å². The van der Waals surface area contributed by atoms with Gasteiger partial charge in [0.25, 0.3) is 0 Å². The van der Waals surface area contributed by atoms with Crippen LogP contribution in [0.1, 0.15) is 32.3 Å². The van der Waals surface area contributed by atoms with Crippen LogP contribution in [0.15, 0.2) is 17.1 Å². The zero-order chi connectivity index (χ0) is 24.4. The van der Waals surface area contributed by atoms with Crippen LogP contribution < -0.4 is 11.4 Å². The Bertz CT molecular complexity index is 1290. The van der Waals surface area contributed by atoms with Gasteiger partial charge in [-0.1, -0.05) is 13.0 Å². The van der Waals surface area contributed by atoms with Crippen molar-refractivity contribution in [1.29, 1.82) is 0 Å². The SMILES string of the molecule is CCC(=O)O[C@H]1O[C@@H](n2c(=O)n(C/C=C/c3nn[nH]n3)c3cnc(N)nc32)[C@H](OC(C)=O)[C@H]1F. The number of tetrazole rings is 1. The first kappa shape index (κ1) is 23.0. The van der Waals surface area contributed by atoms with Gasteiger partial charge < -0.3 is 19.9 Å². The number of alkyl halides is 1. The third kappa shape index (κ3) is 4.34. The smallest absolute Gasteiger partial charge is 0.332 e. The second-order valence-electron chi connectivity index (χ2n) is 7.13. The van der Waals surface area contributed by atoms with Crippen molar-refractivity contribution >= 4 is 35.1 Å². The largest absolute Gasteiger partial charge is 0.454 e. The molecular weight excluding hydrogens is 457 g/mol. The zero-order valence-electron chi connectivity index (χ0n) is 18.0. The molecule has 3 aromatic heterocycles. The molecule has 3 N–H and O–H groups in total. The Hall–Kier alpha value is -4.21. The molecule has 1 fully saturated rings. The molecule has 16 heteroatoms. The number of fused-ring (bicyclic) bond motifs is 1. The van der Waals surface area contributed by atoms with Gasteiger partial charge in [-0.15, -0.1) is 10.2 Å². The predicted octanol–water partition coefficient (Wildman–Crippen LogP) is -0.520. The summed E-state index contributed by atoms with van der Waals surface area (Å²) >= 11 is 0. The summed E-state index contributed by atoms with van der Waals surface area (Å²) in [4.78, 5) is 44.8. The van der Waals surface area contributed by atoms with Crippen molar-refractivity contribution in [1.82, 2.24) is 39.7 Å². The van der Waals surface area contributed by atoms with Crippen molar-refractivity contribution in [3.63, 3.8) is 0 Å². The number of esters is 2. The molecule has 0 bridgehead atoms. The van der Waals surface area contributed by atoms with Gasteiger partial charge in [0.2, 0.25) is 18.4 Å². The fraction of sp³-hybridized carbons (Fsp3) is 0.444. The van der Waals surface area contributed by atoms with E-state index in [-0.39, 0.29) is 35.9 Å². The number of anilines is 1. The first-order valence-electron chi connectivity index (χ1n) is 10.1. The molecule has 4 atom stereocenters. The average molecular weight is 477 g/mol. The summed E-state index contributed by atoms with van der Waals surface area (Å²) in [6, 6.07) is 0. The van der Waals surface area contributed by atoms with Crippen LogP contribution in [0.4, 0.5) is 10.3 Å². The summed E-state index contributed by atoms with van der Waals surface area (Å²) in [6.45, 7) is 2.61. The maximum Gasteiger partial charge on any atom is 0.332 e. The van der Waals surface area contributed by atoms with Gasteiger partial charge >= 0.3 is 17.6 Å². The minimum Gasteiger partial charge on any atom is -0.454 e. The van der Waals surface area contributed by atoms with Gasteiger partial charge in [0.1, 0.15) is 5.52 Å². The van der Waals surface area contributed by atoms with E-state index in [2.05, 4.69) is 30.6 Å². The molecule has 1 aliphatic rings. The number of carbonyl (C=O) groups is 2. The number of nitrogens with zero attached hydrogens (tertiary/aromatic N) is 7. The number of halogens is 1. The Morgan fingerprint density at radius 1 is 1.38 bits per heavy atom. The number of allylic oxidation sites excluding steroid dienone is 1. The van der Waals surface area contributed by atoms with Gasteiger partial charge in [0.05, 0.1) is 6.20 Å². The number of aromatic amines is 1. The number of nitrogens with one attached hydrogen (secondary N) is 1. The van der Waals surface area contributed by atoms with Crippen molar-refractivity contribution in [3.05, 3.63) is 28.6 Å². The summed E-state index contributed by atoms with van der Waals surface area (Å²) in [5.41, 5.74) is 5.27. The fourth-order valence-electron chi connectivity index (χ4n) is 3.41. The first-order valence-corrected chi connectivity index (χ1v) is 10.1. The van der Waals surface area contributed by atoms with E-state index in [0.717, 1.165) is 11.5 Å². The maximum absolute atomic E-state index is 15.1. The number of rotatable bonds is 7. The quantitative estimate of drug-likeness (QED) is 0.414. The van der Waals surface area contributed by atoms with Crippen LogP contribution in [0.3, 0.4) is 0 Å². The fourth-order valence-corrected chi connectivity index (χ4v) is 3.41. The van der Waals surface area contributed by atoms with Gasteiger partial charge in [-0.25, -0.2) is 18.7 Å². The number of nitrogen functional groups attached to an aromatic ring is 1. The van der Waals surface area contributed by atoms with Crippen molar-refractivity contribution in [2.75, 3.05) is 5.73 Å². The minimum atomic E-state index is -2.06. The number of H-pyrrole nitrogens is 1. The highest BCUT2D eigenvalue weighted by molar-refractivity contribution is 5.72. The van der Waals surface area contributed by atoms with E-state index in [0.29, 0.717) is 0 Å². The van der Waals surface area contributed by atoms with E-state index in [4.69, 9.17) is 19.9 Å². The molecule has 15 nitrogen and oxygen atoms in total. The van der Waals surface area contributed by atoms with Crippen LogP contribution in [-0.4, -0.2) is 70.2 Å². The average Bonchev–Trinajstić information content (AvgIpc) is 3.48. The summed E-state index contributed by atoms with van der Waals surface area (Å²) in [5.74, 6) is -1.43. The Kier molecular flexibility index (Phi) is 6.31. The number of nitrogens with two attached hydrogens (primary N) is 1. The molecule has 4 rings (SSSR count). The van der Waals surface area contributed by atoms with Crippen molar-refractivity contribution in [2.24, 2.45) is 0 Å². The van der Waals surface area contributed by atoms with Crippen molar-refractivity contribution in [3.8, 4) is 0 Å². The zero-order valence-corrected chi connectivity index (χ0v) is 18.0. The summed E-state index contributed by atoms with van der Waals surface area (Å²) in [5, 5.41) is 13.3. The van der Waals surface area contributed by atoms with E-state index in [1.807, 2.05) is 0 Å². The predicted molar refractivity (Wildman–Crippen MR) is 110 cm³/mol. The highest BCUT2D eigenvalue weighted by Gasteiger charge is 2.51. The molecule has 0 amide bonds. The first-order chi connectivity index (χ1) is 16.3. The number of ether oxygens (including phenoxy) is 3. The van der Waals surface area contributed by atoms with Gasteiger partial charge in [0.15, 0.2) is 23.8 Å². The van der Waals surface area contributed by atoms with E-state index < -0.39 is 42.4 Å². The molecule has 0 unspecified atom stereocenters. The normalized spacial score (nSPS) is 22.4. The number of hydrogen-bond acceptors (Lipinski definition) is 12. The van der Waals surface area contributed by atoms with E-state index in [1.165, 1.54) is 23.8 Å². The third-order valence-corrected chi connectivity index (χ3v) is 4.86. The van der Waals surface area contributed by atoms with Gasteiger partial charge in [-0.2, -0.15) is 10.2 Å². The standard InChI is InChI=1S/C18H20FN9O6/c1-3-11(30)33-16-12(19)13(32-8(2)29)15(34-16)28-14-9(7-21-17(20)22-14)27(18(28)31)6-4-5-10-23-25-26-24-10/h4-5,7,12-13,15-16H,3,6H2,1-2H3,(H2,20,21,22)(H,23,24,25,26)/b5-4+/t12-,13-,15-,16+/m1/s1. The molecular formula is C18H20FN9O6. The lowest BCUT2D eigenvalue weighted by Gasteiger charge is -2.19. The summed E-state index contributed by atoms with van der Waals surface area (Å²) < 4.78 is 33.0. The molecule has 4 heterocycles. The Morgan fingerprint density at radius 3 is 2.85 bits per heavy atom. The number of carbonyl (C=O) groups excluding carboxylic acids is 2. The molecule has 0 aliphatic carbocycles. The Labute approximate surface area is 189 Å². The van der Waals surface area contributed by atoms with Crippen LogP contribution in [-0.2, 0) is 30.3 Å². The van der Waals surface area contributed by atoms with Crippen molar-refractivity contribution in [2.45, 2.75) is 51.6 Å². The molecule has 34 heavy (non-hydrogen) atoms. The molecule has 1 aliphatic heterocycles. The monoisotopic (exact) mass is 477 g/mol. The van der Waals surface area contributed by atoms with Gasteiger partial charge in [-0.05, 0) is 11.3 Å². The topological polar surface area (TPSA) is 195 Å². The van der Waals surface area contributed by atoms with Crippen LogP contribution in [0.2, 0.25) is 0 Å². The lowest BCUT2D eigenvalue weighted by atomic mass is 10.2. The summed E-state index contributed by atoms with van der Waals surface area (Å²) in [7, 11) is 0. The number of imidazole rings is 1. The second-order valence-corrected chi connectivity index (χ2v) is 7.13. The molecule has 0 spiro atoms. The molecule has 3 aromatic rings. The van der Waals surface area contributed by atoms with E-state index >= 15 is 4.39 Å². The molecule has 180 valence electrons. The van der Waals surface area contributed by atoms with Gasteiger partial charge in [-0.3, -0.25) is 14.2 Å². The van der Waals surface area contributed by atoms with Crippen molar-refractivity contribution < 1.29 is 28.2 Å². The Morgan fingerprint density at radius 2 is 2.18 bits per heavy atom. The summed E-state index contributed by atoms with van der Waals surface area (Å²) in [6.07, 6.45) is -2.50. The Balaban J connectivity index is 1.77. The van der Waals surface area contributed by atoms with Crippen LogP contribution in [0.5, 0.6) is 0 Å². The molecule has 0 saturated carbocycles. The molecule has 0 radical (unpaired) electrons. The lowest BCUT2D eigenvalue weighted by Crippen LogP contribution is -2.37. The number of aromatic nitrogens is 8.